The zero-order valence-corrected chi connectivity index (χ0v) is 14.0. The number of hydrogen-bond donors (Lipinski definition) is 4. The average molecular weight is 395 g/mol. The van der Waals surface area contributed by atoms with Crippen LogP contribution in [0.15, 0.2) is 0 Å². The van der Waals surface area contributed by atoms with Crippen LogP contribution in [0.4, 0.5) is 0 Å². The van der Waals surface area contributed by atoms with Gasteiger partial charge in [0.1, 0.15) is 0 Å². The van der Waals surface area contributed by atoms with Crippen molar-refractivity contribution in [3.63, 3.8) is 0 Å². The van der Waals surface area contributed by atoms with Crippen molar-refractivity contribution in [2.45, 2.75) is 27.7 Å². The second-order valence-corrected chi connectivity index (χ2v) is 2.33. The van der Waals surface area contributed by atoms with Gasteiger partial charge >= 0.3 is 23.9 Å². The van der Waals surface area contributed by atoms with Crippen molar-refractivity contribution in [2.24, 2.45) is 0 Å². The molecule has 13 heteroatoms. The predicted molar refractivity (Wildman–Crippen MR) is 57.6 cm³/mol. The zero-order valence-electron chi connectivity index (χ0n) is 11.6. The maximum Gasteiger partial charge on any atom is 0.339 e. The van der Waals surface area contributed by atoms with Gasteiger partial charge in [-0.1, -0.05) is 0 Å². The van der Waals surface area contributed by atoms with E-state index in [1.807, 2.05) is 0 Å². The Morgan fingerprint density at radius 3 is 0.571 bits per heavy atom. The van der Waals surface area contributed by atoms with Crippen molar-refractivity contribution >= 4 is 23.9 Å². The third kappa shape index (κ3) is 118. The first-order valence-electron chi connectivity index (χ1n) is 4.36. The molecule has 0 unspecified atom stereocenters. The summed E-state index contributed by atoms with van der Waals surface area (Å²) in [6, 6.07) is 0. The molecule has 0 aliphatic heterocycles. The van der Waals surface area contributed by atoms with E-state index in [1.54, 1.807) is 0 Å². The van der Waals surface area contributed by atoms with Crippen LogP contribution in [0, 0.1) is 0 Å². The summed E-state index contributed by atoms with van der Waals surface area (Å²) in [5.41, 5.74) is 0. The van der Waals surface area contributed by atoms with Gasteiger partial charge in [0.25, 0.3) is 0 Å². The summed E-state index contributed by atoms with van der Waals surface area (Å²) in [5, 5.41) is 29.2. The van der Waals surface area contributed by atoms with Crippen LogP contribution in [0.5, 0.6) is 0 Å². The van der Waals surface area contributed by atoms with Gasteiger partial charge in [0, 0.05) is 53.9 Å². The molecule has 0 aromatic heterocycles. The van der Waals surface area contributed by atoms with Gasteiger partial charge in [0.15, 0.2) is 0 Å². The molecule has 21 heavy (non-hydrogen) atoms. The van der Waals surface area contributed by atoms with Crippen LogP contribution in [0.25, 0.3) is 0 Å². The van der Waals surface area contributed by atoms with Gasteiger partial charge in [-0.3, -0.25) is 0 Å². The largest absolute Gasteiger partial charge is 0.339 e. The molecule has 0 aromatic carbocycles. The van der Waals surface area contributed by atoms with Crippen molar-refractivity contribution in [3.05, 3.63) is 0 Å². The summed E-state index contributed by atoms with van der Waals surface area (Å²) >= 11 is 0. The standard InChI is InChI=1S/4C2H4O3.Zr/c4*1-2(3)5-4;/h4*4H,1H3;. The van der Waals surface area contributed by atoms with Crippen LogP contribution in [-0.2, 0) is 64.9 Å². The first-order valence-corrected chi connectivity index (χ1v) is 4.36. The summed E-state index contributed by atoms with van der Waals surface area (Å²) in [7, 11) is 0. The molecular weight excluding hydrogens is 379 g/mol. The van der Waals surface area contributed by atoms with Crippen molar-refractivity contribution < 1.29 is 86.0 Å². The maximum atomic E-state index is 9.34. The van der Waals surface area contributed by atoms with Gasteiger partial charge in [-0.25, -0.2) is 19.2 Å². The molecule has 0 heterocycles. The molecule has 0 saturated heterocycles. The Morgan fingerprint density at radius 2 is 0.571 bits per heavy atom. The zero-order chi connectivity index (χ0) is 17.1. The first-order chi connectivity index (χ1) is 9.08. The van der Waals surface area contributed by atoms with Crippen LogP contribution in [0.3, 0.4) is 0 Å². The average Bonchev–Trinajstić information content (AvgIpc) is 2.40. The molecule has 0 spiro atoms. The molecule has 0 rings (SSSR count). The van der Waals surface area contributed by atoms with Crippen LogP contribution in [0.1, 0.15) is 27.7 Å². The van der Waals surface area contributed by atoms with Crippen molar-refractivity contribution in [3.8, 4) is 0 Å². The van der Waals surface area contributed by atoms with Crippen molar-refractivity contribution in [1.29, 1.82) is 0 Å². The Kier molecular flexibility index (Phi) is 41.0. The number of rotatable bonds is 0. The summed E-state index contributed by atoms with van der Waals surface area (Å²) in [5.74, 6) is -2.76. The van der Waals surface area contributed by atoms with Crippen LogP contribution in [0.2, 0.25) is 0 Å². The Balaban J connectivity index is -0.0000000533. The molecule has 0 aliphatic carbocycles. The van der Waals surface area contributed by atoms with Gasteiger partial charge in [-0.05, 0) is 0 Å². The molecule has 0 bridgehead atoms. The smallest absolute Gasteiger partial charge is 0.301 e. The maximum absolute atomic E-state index is 9.34. The van der Waals surface area contributed by atoms with Crippen LogP contribution < -0.4 is 0 Å². The minimum atomic E-state index is -0.690. The fourth-order valence-corrected chi connectivity index (χ4v) is 0. The molecule has 124 valence electrons. The minimum Gasteiger partial charge on any atom is -0.301 e. The third-order valence-corrected chi connectivity index (χ3v) is 0.514. The van der Waals surface area contributed by atoms with Crippen molar-refractivity contribution in [1.82, 2.24) is 0 Å². The molecule has 0 radical (unpaired) electrons. The number of carbonyl (C=O) groups is 4. The third-order valence-electron chi connectivity index (χ3n) is 0.514. The fraction of sp³-hybridized carbons (Fsp3) is 0.500. The summed E-state index contributed by atoms with van der Waals surface area (Å²) in [6.07, 6.45) is 0. The van der Waals surface area contributed by atoms with E-state index in [1.165, 1.54) is 0 Å². The van der Waals surface area contributed by atoms with Gasteiger partial charge in [-0.15, -0.1) is 0 Å². The van der Waals surface area contributed by atoms with E-state index in [9.17, 15) is 19.2 Å². The van der Waals surface area contributed by atoms with Crippen LogP contribution in [-0.4, -0.2) is 44.9 Å². The molecule has 0 atom stereocenters. The van der Waals surface area contributed by atoms with Gasteiger partial charge in [0.2, 0.25) is 0 Å². The molecule has 12 nitrogen and oxygen atoms in total. The quantitative estimate of drug-likeness (QED) is 0.246. The Hall–Kier alpha value is -1.40. The Labute approximate surface area is 138 Å². The normalized spacial score (nSPS) is 6.48. The van der Waals surface area contributed by atoms with Crippen LogP contribution >= 0.6 is 0 Å². The fourth-order valence-electron chi connectivity index (χ4n) is 0. The molecule has 0 amide bonds. The number of hydrogen-bond acceptors (Lipinski definition) is 12. The van der Waals surface area contributed by atoms with E-state index < -0.39 is 23.9 Å². The number of carbonyl (C=O) groups excluding carboxylic acids is 4. The van der Waals surface area contributed by atoms with Gasteiger partial charge < -0.3 is 19.6 Å². The van der Waals surface area contributed by atoms with E-state index >= 15 is 0 Å². The van der Waals surface area contributed by atoms with E-state index in [2.05, 4.69) is 19.6 Å². The monoisotopic (exact) mass is 394 g/mol. The molecular formula is C8H16O12Zr. The molecule has 0 fully saturated rings. The molecule has 0 aromatic rings. The molecule has 0 aliphatic rings. The van der Waals surface area contributed by atoms with Gasteiger partial charge in [0.05, 0.1) is 0 Å². The van der Waals surface area contributed by atoms with E-state index in [-0.39, 0.29) is 26.2 Å². The minimum absolute atomic E-state index is 0. The van der Waals surface area contributed by atoms with E-state index in [0.717, 1.165) is 27.7 Å². The SMILES string of the molecule is CC(=O)OO.CC(=O)OO.CC(=O)OO.CC(=O)OO.[Zr]. The second-order valence-electron chi connectivity index (χ2n) is 2.33. The molecule has 0 saturated carbocycles. The summed E-state index contributed by atoms with van der Waals surface area (Å²) in [6.45, 7) is 4.44. The summed E-state index contributed by atoms with van der Waals surface area (Å²) in [4.78, 5) is 49.8. The topological polar surface area (TPSA) is 186 Å². The second kappa shape index (κ2) is 27.0. The summed E-state index contributed by atoms with van der Waals surface area (Å²) < 4.78 is 0. The van der Waals surface area contributed by atoms with E-state index in [4.69, 9.17) is 21.0 Å². The first kappa shape index (κ1) is 31.8. The Bertz CT molecular complexity index is 222. The van der Waals surface area contributed by atoms with Gasteiger partial charge in [-0.2, -0.15) is 21.0 Å². The Morgan fingerprint density at radius 1 is 0.524 bits per heavy atom. The van der Waals surface area contributed by atoms with E-state index in [0.29, 0.717) is 0 Å². The molecule has 4 N–H and O–H groups in total. The predicted octanol–water partition coefficient (Wildman–Crippen LogP) is 0.0875. The van der Waals surface area contributed by atoms with Crippen molar-refractivity contribution in [2.75, 3.05) is 0 Å².